The monoisotopic (exact) mass is 430 g/mol. The van der Waals surface area contributed by atoms with Crippen LogP contribution in [0.5, 0.6) is 0 Å². The van der Waals surface area contributed by atoms with Crippen LogP contribution in [0, 0.1) is 70.0 Å². The molecule has 0 unspecified atom stereocenters. The highest BCUT2D eigenvalue weighted by atomic mass is 16.3. The molecule has 4 aliphatic carbocycles. The molecule has 0 amide bonds. The molecule has 0 aromatic heterocycles. The third-order valence-electron chi connectivity index (χ3n) is 12.6. The molecule has 4 aliphatic rings. The van der Waals surface area contributed by atoms with Gasteiger partial charge < -0.3 is 5.11 Å². The molecule has 0 saturated heterocycles. The molecule has 0 aromatic carbocycles. The Bertz CT molecular complexity index is 626. The minimum Gasteiger partial charge on any atom is -0.393 e. The lowest BCUT2D eigenvalue weighted by molar-refractivity contribution is -0.149. The van der Waals surface area contributed by atoms with Crippen LogP contribution in [-0.2, 0) is 0 Å². The lowest BCUT2D eigenvalue weighted by Gasteiger charge is -2.62. The van der Waals surface area contributed by atoms with Gasteiger partial charge in [0.15, 0.2) is 0 Å². The van der Waals surface area contributed by atoms with Crippen LogP contribution >= 0.6 is 0 Å². The number of hydrogen-bond donors (Lipinski definition) is 1. The van der Waals surface area contributed by atoms with E-state index < -0.39 is 0 Å². The average molecular weight is 431 g/mol. The van der Waals surface area contributed by atoms with E-state index in [9.17, 15) is 5.11 Å². The fourth-order valence-corrected chi connectivity index (χ4v) is 10.3. The molecule has 4 fully saturated rings. The zero-order chi connectivity index (χ0) is 22.7. The van der Waals surface area contributed by atoms with Crippen molar-refractivity contribution in [3.05, 3.63) is 0 Å². The minimum absolute atomic E-state index is 0.0459. The SMILES string of the molecule is CC(C)[C@@H](C)[C@@H](C)C[C@@H](C)[C@H]1CC[C@H]2[C@@H]3CC[C@H]4[C@H](C)[C@@H](O)CC[C@]4(C)[C@H]3CC[C@]12C. The Morgan fingerprint density at radius 3 is 2.06 bits per heavy atom. The first-order valence-electron chi connectivity index (χ1n) is 14.2. The van der Waals surface area contributed by atoms with E-state index in [4.69, 9.17) is 0 Å². The van der Waals surface area contributed by atoms with Gasteiger partial charge in [0.05, 0.1) is 6.10 Å². The van der Waals surface area contributed by atoms with Crippen molar-refractivity contribution in [1.82, 2.24) is 0 Å². The summed E-state index contributed by atoms with van der Waals surface area (Å²) in [6.07, 6.45) is 12.5. The molecule has 31 heavy (non-hydrogen) atoms. The molecule has 0 spiro atoms. The average Bonchev–Trinajstić information content (AvgIpc) is 3.07. The zero-order valence-electron chi connectivity index (χ0n) is 22.2. The number of hydrogen-bond acceptors (Lipinski definition) is 1. The van der Waals surface area contributed by atoms with Crippen molar-refractivity contribution >= 4 is 0 Å². The number of aliphatic hydroxyl groups excluding tert-OH is 1. The highest BCUT2D eigenvalue weighted by Crippen LogP contribution is 2.69. The standard InChI is InChI=1S/C30H54O/c1-18(2)21(5)19(3)17-20(4)24-11-12-26-23-9-10-25-22(6)28(31)14-16-30(25,8)27(23)13-15-29(24,26)7/h18-28,31H,9-17H2,1-8H3/t19-,20+,21+,22-,23-,24+,25-,26-,27-,28-,29+,30-/m0/s1. The Morgan fingerprint density at radius 2 is 1.39 bits per heavy atom. The maximum Gasteiger partial charge on any atom is 0.0568 e. The molecular formula is C30H54O. The summed E-state index contributed by atoms with van der Waals surface area (Å²) in [6.45, 7) is 20.1. The lowest BCUT2D eigenvalue weighted by Crippen LogP contribution is -2.56. The predicted octanol–water partition coefficient (Wildman–Crippen LogP) is 8.21. The summed E-state index contributed by atoms with van der Waals surface area (Å²) in [6, 6.07) is 0. The van der Waals surface area contributed by atoms with Crippen LogP contribution < -0.4 is 0 Å². The van der Waals surface area contributed by atoms with Gasteiger partial charge in [0.2, 0.25) is 0 Å². The largest absolute Gasteiger partial charge is 0.393 e. The molecule has 12 atom stereocenters. The summed E-state index contributed by atoms with van der Waals surface area (Å²) < 4.78 is 0. The van der Waals surface area contributed by atoms with E-state index in [1.165, 1.54) is 51.4 Å². The van der Waals surface area contributed by atoms with E-state index in [1.54, 1.807) is 0 Å². The van der Waals surface area contributed by atoms with Gasteiger partial charge in [-0.3, -0.25) is 0 Å². The summed E-state index contributed by atoms with van der Waals surface area (Å²) in [5.41, 5.74) is 1.08. The minimum atomic E-state index is -0.0459. The predicted molar refractivity (Wildman–Crippen MR) is 133 cm³/mol. The summed E-state index contributed by atoms with van der Waals surface area (Å²) in [5.74, 6) is 8.43. The van der Waals surface area contributed by atoms with E-state index in [1.807, 2.05) is 0 Å². The summed E-state index contributed by atoms with van der Waals surface area (Å²) in [7, 11) is 0. The van der Waals surface area contributed by atoms with Gasteiger partial charge in [-0.1, -0.05) is 55.4 Å². The molecule has 0 radical (unpaired) electrons. The molecular weight excluding hydrogens is 376 g/mol. The molecule has 1 nitrogen and oxygen atoms in total. The fraction of sp³-hybridized carbons (Fsp3) is 1.00. The van der Waals surface area contributed by atoms with Crippen LogP contribution in [-0.4, -0.2) is 11.2 Å². The van der Waals surface area contributed by atoms with E-state index in [2.05, 4.69) is 55.4 Å². The van der Waals surface area contributed by atoms with Crippen molar-refractivity contribution in [2.75, 3.05) is 0 Å². The van der Waals surface area contributed by atoms with Gasteiger partial charge in [0.1, 0.15) is 0 Å². The molecule has 0 aliphatic heterocycles. The van der Waals surface area contributed by atoms with Gasteiger partial charge >= 0.3 is 0 Å². The van der Waals surface area contributed by atoms with Crippen LogP contribution in [0.1, 0.15) is 113 Å². The Labute approximate surface area is 194 Å². The maximum atomic E-state index is 10.6. The number of aliphatic hydroxyl groups is 1. The van der Waals surface area contributed by atoms with E-state index in [0.717, 1.165) is 59.7 Å². The Hall–Kier alpha value is -0.0400. The number of fused-ring (bicyclic) bond motifs is 5. The van der Waals surface area contributed by atoms with Crippen LogP contribution in [0.2, 0.25) is 0 Å². The Balaban J connectivity index is 1.49. The quantitative estimate of drug-likeness (QED) is 0.466. The molecule has 4 saturated carbocycles. The molecule has 1 heteroatoms. The van der Waals surface area contributed by atoms with Gasteiger partial charge in [-0.25, -0.2) is 0 Å². The van der Waals surface area contributed by atoms with E-state index in [0.29, 0.717) is 16.7 Å². The van der Waals surface area contributed by atoms with E-state index >= 15 is 0 Å². The molecule has 4 rings (SSSR count). The molecule has 180 valence electrons. The topological polar surface area (TPSA) is 20.2 Å². The first-order valence-corrected chi connectivity index (χ1v) is 14.2. The molecule has 0 heterocycles. The molecule has 0 bridgehead atoms. The zero-order valence-corrected chi connectivity index (χ0v) is 22.2. The van der Waals surface area contributed by atoms with Crippen molar-refractivity contribution < 1.29 is 5.11 Å². The van der Waals surface area contributed by atoms with Gasteiger partial charge in [-0.2, -0.15) is 0 Å². The lowest BCUT2D eigenvalue weighted by atomic mass is 9.43. The van der Waals surface area contributed by atoms with Gasteiger partial charge in [-0.05, 0) is 128 Å². The molecule has 0 aromatic rings. The summed E-state index contributed by atoms with van der Waals surface area (Å²) in [4.78, 5) is 0. The maximum absolute atomic E-state index is 10.6. The smallest absolute Gasteiger partial charge is 0.0568 e. The normalized spacial score (nSPS) is 50.3. The van der Waals surface area contributed by atoms with Crippen molar-refractivity contribution in [3.63, 3.8) is 0 Å². The fourth-order valence-electron chi connectivity index (χ4n) is 10.3. The van der Waals surface area contributed by atoms with Crippen molar-refractivity contribution in [1.29, 1.82) is 0 Å². The third-order valence-corrected chi connectivity index (χ3v) is 12.6. The van der Waals surface area contributed by atoms with Crippen LogP contribution in [0.25, 0.3) is 0 Å². The highest BCUT2D eigenvalue weighted by Gasteiger charge is 2.61. The van der Waals surface area contributed by atoms with E-state index in [-0.39, 0.29) is 6.10 Å². The first kappa shape index (κ1) is 24.1. The summed E-state index contributed by atoms with van der Waals surface area (Å²) in [5, 5.41) is 10.6. The second kappa shape index (κ2) is 8.63. The van der Waals surface area contributed by atoms with Crippen molar-refractivity contribution in [2.24, 2.45) is 70.0 Å². The van der Waals surface area contributed by atoms with Crippen LogP contribution in [0.4, 0.5) is 0 Å². The molecule has 1 N–H and O–H groups in total. The second-order valence-electron chi connectivity index (χ2n) is 14.1. The Morgan fingerprint density at radius 1 is 0.774 bits per heavy atom. The Kier molecular flexibility index (Phi) is 6.71. The number of rotatable bonds is 5. The van der Waals surface area contributed by atoms with Crippen molar-refractivity contribution in [2.45, 2.75) is 119 Å². The van der Waals surface area contributed by atoms with Crippen LogP contribution in [0.3, 0.4) is 0 Å². The highest BCUT2D eigenvalue weighted by molar-refractivity contribution is 5.10. The second-order valence-corrected chi connectivity index (χ2v) is 14.1. The van der Waals surface area contributed by atoms with Gasteiger partial charge in [-0.15, -0.1) is 0 Å². The summed E-state index contributed by atoms with van der Waals surface area (Å²) >= 11 is 0. The van der Waals surface area contributed by atoms with Crippen molar-refractivity contribution in [3.8, 4) is 0 Å². The first-order chi connectivity index (χ1) is 14.5. The third kappa shape index (κ3) is 3.85. The van der Waals surface area contributed by atoms with Gasteiger partial charge in [0.25, 0.3) is 0 Å². The van der Waals surface area contributed by atoms with Gasteiger partial charge in [0, 0.05) is 0 Å². The van der Waals surface area contributed by atoms with Crippen LogP contribution in [0.15, 0.2) is 0 Å².